The van der Waals surface area contributed by atoms with E-state index in [1.807, 2.05) is 4.90 Å². The van der Waals surface area contributed by atoms with Crippen LogP contribution in [0.3, 0.4) is 0 Å². The second kappa shape index (κ2) is 3.44. The Hall–Kier alpha value is -1.32. The molecule has 1 aromatic rings. The number of nitrogens with zero attached hydrogens (tertiary/aromatic N) is 2. The van der Waals surface area contributed by atoms with Gasteiger partial charge in [-0.15, -0.1) is 0 Å². The van der Waals surface area contributed by atoms with E-state index in [0.29, 0.717) is 17.3 Å². The van der Waals surface area contributed by atoms with Gasteiger partial charge in [-0.1, -0.05) is 6.92 Å². The molecule has 0 amide bonds. The van der Waals surface area contributed by atoms with Gasteiger partial charge in [0.1, 0.15) is 0 Å². The molecule has 2 N–H and O–H groups in total. The van der Waals surface area contributed by atoms with Crippen molar-refractivity contribution in [1.29, 1.82) is 0 Å². The Labute approximate surface area is 82.7 Å². The molecule has 0 spiro atoms. The van der Waals surface area contributed by atoms with Crippen molar-refractivity contribution in [3.8, 4) is 0 Å². The zero-order valence-corrected chi connectivity index (χ0v) is 8.20. The fourth-order valence-electron chi connectivity index (χ4n) is 1.91. The zero-order valence-electron chi connectivity index (χ0n) is 8.20. The lowest BCUT2D eigenvalue weighted by Crippen LogP contribution is -2.21. The molecule has 3 nitrogen and oxygen atoms in total. The molecule has 1 aliphatic heterocycles. The Morgan fingerprint density at radius 3 is 2.93 bits per heavy atom. The van der Waals surface area contributed by atoms with Crippen molar-refractivity contribution in [3.63, 3.8) is 0 Å². The Morgan fingerprint density at radius 1 is 1.57 bits per heavy atom. The van der Waals surface area contributed by atoms with Crippen molar-refractivity contribution >= 4 is 11.4 Å². The van der Waals surface area contributed by atoms with Gasteiger partial charge in [0.05, 0.1) is 23.8 Å². The van der Waals surface area contributed by atoms with Crippen molar-refractivity contribution < 1.29 is 4.39 Å². The number of nitrogen functional groups attached to an aromatic ring is 1. The van der Waals surface area contributed by atoms with Crippen LogP contribution in [0.2, 0.25) is 0 Å². The van der Waals surface area contributed by atoms with Crippen LogP contribution in [0.25, 0.3) is 0 Å². The molecular weight excluding hydrogens is 181 g/mol. The summed E-state index contributed by atoms with van der Waals surface area (Å²) in [6, 6.07) is 0. The average molecular weight is 195 g/mol. The second-order valence-electron chi connectivity index (χ2n) is 3.90. The van der Waals surface area contributed by atoms with Gasteiger partial charge in [0.25, 0.3) is 0 Å². The maximum Gasteiger partial charge on any atom is 0.166 e. The molecule has 1 aliphatic rings. The van der Waals surface area contributed by atoms with Gasteiger partial charge in [-0.25, -0.2) is 4.39 Å². The second-order valence-corrected chi connectivity index (χ2v) is 3.90. The Bertz CT molecular complexity index is 320. The van der Waals surface area contributed by atoms with Crippen LogP contribution in [-0.4, -0.2) is 18.1 Å². The largest absolute Gasteiger partial charge is 0.396 e. The lowest BCUT2D eigenvalue weighted by atomic mass is 10.2. The van der Waals surface area contributed by atoms with Crippen LogP contribution in [0.1, 0.15) is 13.3 Å². The molecule has 1 unspecified atom stereocenters. The number of rotatable bonds is 1. The maximum atomic E-state index is 13.4. The molecule has 1 aromatic heterocycles. The summed E-state index contributed by atoms with van der Waals surface area (Å²) >= 11 is 0. The Morgan fingerprint density at radius 2 is 2.36 bits per heavy atom. The van der Waals surface area contributed by atoms with E-state index in [-0.39, 0.29) is 5.82 Å². The van der Waals surface area contributed by atoms with E-state index in [4.69, 9.17) is 5.73 Å². The van der Waals surface area contributed by atoms with Crippen LogP contribution in [0.5, 0.6) is 0 Å². The van der Waals surface area contributed by atoms with E-state index in [2.05, 4.69) is 11.9 Å². The normalized spacial score (nSPS) is 21.6. The van der Waals surface area contributed by atoms with E-state index in [1.54, 1.807) is 0 Å². The van der Waals surface area contributed by atoms with Gasteiger partial charge in [0.2, 0.25) is 0 Å². The number of hydrogen-bond acceptors (Lipinski definition) is 3. The summed E-state index contributed by atoms with van der Waals surface area (Å²) in [7, 11) is 0. The topological polar surface area (TPSA) is 42.1 Å². The summed E-state index contributed by atoms with van der Waals surface area (Å²) in [5, 5.41) is 0. The zero-order chi connectivity index (χ0) is 10.1. The van der Waals surface area contributed by atoms with Crippen molar-refractivity contribution in [3.05, 3.63) is 18.2 Å². The van der Waals surface area contributed by atoms with Gasteiger partial charge in [-0.2, -0.15) is 0 Å². The molecule has 76 valence electrons. The van der Waals surface area contributed by atoms with Crippen LogP contribution >= 0.6 is 0 Å². The standard InChI is InChI=1S/C10H14FN3/c1-7-2-3-14(6-7)10-8(11)4-13-5-9(10)12/h4-5,7H,2-3,6,12H2,1H3. The van der Waals surface area contributed by atoms with Crippen LogP contribution in [-0.2, 0) is 0 Å². The van der Waals surface area contributed by atoms with E-state index in [1.165, 1.54) is 12.4 Å². The van der Waals surface area contributed by atoms with E-state index in [9.17, 15) is 4.39 Å². The number of nitrogens with two attached hydrogens (primary N) is 1. The first kappa shape index (κ1) is 9.24. The molecule has 14 heavy (non-hydrogen) atoms. The fourth-order valence-corrected chi connectivity index (χ4v) is 1.91. The molecule has 1 fully saturated rings. The average Bonchev–Trinajstić information content (AvgIpc) is 2.51. The molecule has 0 bridgehead atoms. The maximum absolute atomic E-state index is 13.4. The molecule has 1 atom stereocenters. The summed E-state index contributed by atoms with van der Waals surface area (Å²) in [4.78, 5) is 5.71. The third kappa shape index (κ3) is 1.52. The molecule has 0 aliphatic carbocycles. The minimum absolute atomic E-state index is 0.320. The van der Waals surface area contributed by atoms with E-state index in [0.717, 1.165) is 19.5 Å². The van der Waals surface area contributed by atoms with E-state index >= 15 is 0 Å². The Balaban J connectivity index is 2.31. The van der Waals surface area contributed by atoms with Crippen molar-refractivity contribution in [2.45, 2.75) is 13.3 Å². The monoisotopic (exact) mass is 195 g/mol. The highest BCUT2D eigenvalue weighted by molar-refractivity contribution is 5.67. The fraction of sp³-hybridized carbons (Fsp3) is 0.500. The summed E-state index contributed by atoms with van der Waals surface area (Å²) in [5.74, 6) is 0.293. The lowest BCUT2D eigenvalue weighted by Gasteiger charge is -2.20. The van der Waals surface area contributed by atoms with Gasteiger partial charge >= 0.3 is 0 Å². The molecule has 0 radical (unpaired) electrons. The molecule has 0 saturated carbocycles. The summed E-state index contributed by atoms with van der Waals surface area (Å²) < 4.78 is 13.4. The third-order valence-corrected chi connectivity index (χ3v) is 2.64. The summed E-state index contributed by atoms with van der Waals surface area (Å²) in [6.45, 7) is 3.92. The first-order chi connectivity index (χ1) is 6.68. The van der Waals surface area contributed by atoms with E-state index < -0.39 is 0 Å². The minimum Gasteiger partial charge on any atom is -0.396 e. The van der Waals surface area contributed by atoms with Crippen molar-refractivity contribution in [2.24, 2.45) is 5.92 Å². The van der Waals surface area contributed by atoms with Crippen LogP contribution in [0.4, 0.5) is 15.8 Å². The van der Waals surface area contributed by atoms with Crippen LogP contribution < -0.4 is 10.6 Å². The van der Waals surface area contributed by atoms with Crippen LogP contribution in [0.15, 0.2) is 12.4 Å². The third-order valence-electron chi connectivity index (χ3n) is 2.64. The lowest BCUT2D eigenvalue weighted by molar-refractivity contribution is 0.614. The van der Waals surface area contributed by atoms with Gasteiger partial charge in [0, 0.05) is 13.1 Å². The van der Waals surface area contributed by atoms with Crippen LogP contribution in [0, 0.1) is 11.7 Å². The van der Waals surface area contributed by atoms with Gasteiger partial charge in [0.15, 0.2) is 5.82 Å². The van der Waals surface area contributed by atoms with Crippen molar-refractivity contribution in [1.82, 2.24) is 4.98 Å². The minimum atomic E-state index is -0.320. The summed E-state index contributed by atoms with van der Waals surface area (Å²) in [5.41, 5.74) is 6.65. The van der Waals surface area contributed by atoms with Gasteiger partial charge in [-0.3, -0.25) is 4.98 Å². The molecule has 4 heteroatoms. The van der Waals surface area contributed by atoms with Crippen molar-refractivity contribution in [2.75, 3.05) is 23.7 Å². The quantitative estimate of drug-likeness (QED) is 0.740. The van der Waals surface area contributed by atoms with Gasteiger partial charge < -0.3 is 10.6 Å². The molecular formula is C10H14FN3. The first-order valence-corrected chi connectivity index (χ1v) is 4.82. The highest BCUT2D eigenvalue weighted by atomic mass is 19.1. The molecule has 0 aromatic carbocycles. The SMILES string of the molecule is CC1CCN(c2c(N)cncc2F)C1. The summed E-state index contributed by atoms with van der Waals surface area (Å²) in [6.07, 6.45) is 3.82. The highest BCUT2D eigenvalue weighted by Gasteiger charge is 2.23. The van der Waals surface area contributed by atoms with Gasteiger partial charge in [-0.05, 0) is 12.3 Å². The predicted molar refractivity (Wildman–Crippen MR) is 54.6 cm³/mol. The number of aromatic nitrogens is 1. The molecule has 2 heterocycles. The first-order valence-electron chi connectivity index (χ1n) is 4.82. The number of pyridine rings is 1. The number of halogens is 1. The predicted octanol–water partition coefficient (Wildman–Crippen LogP) is 1.65. The Kier molecular flexibility index (Phi) is 2.27. The molecule has 1 saturated heterocycles. The highest BCUT2D eigenvalue weighted by Crippen LogP contribution is 2.30. The number of hydrogen-bond donors (Lipinski definition) is 1. The number of anilines is 2. The smallest absolute Gasteiger partial charge is 0.166 e. The molecule has 2 rings (SSSR count).